The number of allylic oxidation sites excluding steroid dienone is 2. The normalized spacial score (nSPS) is 18.1. The van der Waals surface area contributed by atoms with E-state index in [-0.39, 0.29) is 11.1 Å². The average Bonchev–Trinajstić information content (AvgIpc) is 2.89. The first kappa shape index (κ1) is 26.3. The summed E-state index contributed by atoms with van der Waals surface area (Å²) in [6.45, 7) is 19.6. The van der Waals surface area contributed by atoms with Crippen molar-refractivity contribution in [1.82, 2.24) is 4.58 Å². The summed E-state index contributed by atoms with van der Waals surface area (Å²) in [5, 5.41) is 2.21. The van der Waals surface area contributed by atoms with Crippen LogP contribution in [0.2, 0.25) is 0 Å². The number of carbonyl (C=O) groups excluding carboxylic acids is 1. The molecule has 3 heterocycles. The van der Waals surface area contributed by atoms with Crippen LogP contribution in [0.5, 0.6) is 11.5 Å². The fraction of sp³-hybridized carbons (Fsp3) is 0.333. The highest BCUT2D eigenvalue weighted by atomic mass is 16.5. The van der Waals surface area contributed by atoms with Crippen molar-refractivity contribution < 1.29 is 9.53 Å². The predicted molar refractivity (Wildman–Crippen MR) is 166 cm³/mol. The standard InChI is InChI=1S/C36H39N2O2/c1-9-37-30-17-32-28(15-26(30)22(3)19-35(37,5)6)34(25-14-12-11-13-24(25)21-39)29-16-27-23(4)20-36(7,8)38(10-2)31(27)18-33(29)40-32/h11-21H,9-10H2,1-8H3/q+1. The van der Waals surface area contributed by atoms with Crippen molar-refractivity contribution in [2.75, 3.05) is 18.0 Å². The number of benzene rings is 3. The Hall–Kier alpha value is -3.92. The zero-order valence-electron chi connectivity index (χ0n) is 25.0. The minimum atomic E-state index is -0.0978. The molecular formula is C36H39N2O2+. The van der Waals surface area contributed by atoms with Crippen molar-refractivity contribution in [1.29, 1.82) is 0 Å². The zero-order chi connectivity index (χ0) is 28.6. The smallest absolute Gasteiger partial charge is 0.211 e. The SMILES string of the molecule is CCN1c2cc3c(cc2C(C)=CC1(C)C)C(c1ccccc1C=O)=c1cc2c(cc1O3)=[N+](CC)C(C)(C)C=C2C. The maximum Gasteiger partial charge on any atom is 0.211 e. The molecule has 0 saturated heterocycles. The summed E-state index contributed by atoms with van der Waals surface area (Å²) in [7, 11) is 0. The summed E-state index contributed by atoms with van der Waals surface area (Å²) in [5.41, 5.74) is 9.60. The fourth-order valence-electron chi connectivity index (χ4n) is 7.30. The van der Waals surface area contributed by atoms with Gasteiger partial charge in [-0.3, -0.25) is 4.79 Å². The molecule has 0 aromatic heterocycles. The molecule has 0 N–H and O–H groups in total. The van der Waals surface area contributed by atoms with Crippen molar-refractivity contribution in [3.8, 4) is 11.5 Å². The average molecular weight is 532 g/mol. The molecule has 0 radical (unpaired) electrons. The van der Waals surface area contributed by atoms with E-state index in [0.717, 1.165) is 52.8 Å². The molecule has 0 saturated carbocycles. The monoisotopic (exact) mass is 531 g/mol. The van der Waals surface area contributed by atoms with E-state index >= 15 is 0 Å². The van der Waals surface area contributed by atoms with Gasteiger partial charge < -0.3 is 9.64 Å². The van der Waals surface area contributed by atoms with Gasteiger partial charge in [0.1, 0.15) is 18.0 Å². The Balaban J connectivity index is 1.76. The van der Waals surface area contributed by atoms with Gasteiger partial charge in [0.15, 0.2) is 11.8 Å². The molecule has 40 heavy (non-hydrogen) atoms. The summed E-state index contributed by atoms with van der Waals surface area (Å²) in [6.07, 6.45) is 5.67. The quantitative estimate of drug-likeness (QED) is 0.220. The van der Waals surface area contributed by atoms with Crippen molar-refractivity contribution in [2.24, 2.45) is 0 Å². The number of hydrogen-bond donors (Lipinski definition) is 0. The van der Waals surface area contributed by atoms with E-state index < -0.39 is 0 Å². The van der Waals surface area contributed by atoms with Gasteiger partial charge in [0, 0.05) is 65.2 Å². The van der Waals surface area contributed by atoms with Gasteiger partial charge in [-0.05, 0) is 76.5 Å². The molecule has 3 aromatic carbocycles. The largest absolute Gasteiger partial charge is 0.456 e. The second-order valence-electron chi connectivity index (χ2n) is 12.4. The third kappa shape index (κ3) is 3.80. The molecule has 0 spiro atoms. The Morgan fingerprint density at radius 3 is 2.27 bits per heavy atom. The second-order valence-corrected chi connectivity index (χ2v) is 12.4. The van der Waals surface area contributed by atoms with Crippen LogP contribution < -0.4 is 24.8 Å². The number of ether oxygens (including phenoxy) is 1. The van der Waals surface area contributed by atoms with Crippen LogP contribution in [0.4, 0.5) is 5.69 Å². The van der Waals surface area contributed by atoms with Gasteiger partial charge in [0.05, 0.1) is 11.6 Å². The Morgan fingerprint density at radius 1 is 0.850 bits per heavy atom. The van der Waals surface area contributed by atoms with Crippen molar-refractivity contribution in [3.63, 3.8) is 0 Å². The first-order valence-corrected chi connectivity index (χ1v) is 14.4. The maximum atomic E-state index is 12.3. The number of likely N-dealkylation sites (N-methyl/N-ethyl adjacent to an activating group) is 2. The highest BCUT2D eigenvalue weighted by molar-refractivity contribution is 5.96. The molecule has 0 atom stereocenters. The molecule has 0 bridgehead atoms. The van der Waals surface area contributed by atoms with Crippen molar-refractivity contribution in [3.05, 3.63) is 99.1 Å². The van der Waals surface area contributed by atoms with E-state index in [1.54, 1.807) is 0 Å². The number of nitrogens with zero attached hydrogens (tertiary/aromatic N) is 2. The molecule has 0 unspecified atom stereocenters. The molecule has 3 aliphatic heterocycles. The summed E-state index contributed by atoms with van der Waals surface area (Å²) in [6, 6.07) is 16.9. The molecule has 4 heteroatoms. The van der Waals surface area contributed by atoms with E-state index in [1.165, 1.54) is 33.3 Å². The topological polar surface area (TPSA) is 32.6 Å². The molecule has 0 aliphatic carbocycles. The Bertz CT molecular complexity index is 1790. The lowest BCUT2D eigenvalue weighted by atomic mass is 9.83. The maximum absolute atomic E-state index is 12.3. The summed E-state index contributed by atoms with van der Waals surface area (Å²) >= 11 is 0. The minimum absolute atomic E-state index is 0.0978. The molecule has 6 rings (SSSR count). The van der Waals surface area contributed by atoms with Crippen LogP contribution in [0.15, 0.2) is 60.7 Å². The highest BCUT2D eigenvalue weighted by Crippen LogP contribution is 2.46. The van der Waals surface area contributed by atoms with Crippen LogP contribution in [-0.4, -0.2) is 30.5 Å². The summed E-state index contributed by atoms with van der Waals surface area (Å²) in [5.74, 6) is 1.66. The van der Waals surface area contributed by atoms with Crippen molar-refractivity contribution >= 4 is 28.7 Å². The highest BCUT2D eigenvalue weighted by Gasteiger charge is 2.36. The van der Waals surface area contributed by atoms with Crippen LogP contribution in [0.1, 0.15) is 88.0 Å². The molecule has 4 nitrogen and oxygen atoms in total. The van der Waals surface area contributed by atoms with Gasteiger partial charge >= 0.3 is 0 Å². The van der Waals surface area contributed by atoms with Gasteiger partial charge in [0.2, 0.25) is 5.36 Å². The molecule has 0 amide bonds. The van der Waals surface area contributed by atoms with E-state index in [1.807, 2.05) is 18.2 Å². The van der Waals surface area contributed by atoms with Gasteiger partial charge in [0.25, 0.3) is 0 Å². The molecule has 3 aliphatic rings. The predicted octanol–water partition coefficient (Wildman–Crippen LogP) is 6.58. The third-order valence-corrected chi connectivity index (χ3v) is 8.91. The number of anilines is 1. The second kappa shape index (κ2) is 9.05. The van der Waals surface area contributed by atoms with E-state index in [9.17, 15) is 4.79 Å². The number of carbonyl (C=O) groups is 1. The lowest BCUT2D eigenvalue weighted by Gasteiger charge is -2.43. The van der Waals surface area contributed by atoms with Crippen LogP contribution >= 0.6 is 0 Å². The van der Waals surface area contributed by atoms with Crippen LogP contribution in [0.25, 0.3) is 16.7 Å². The van der Waals surface area contributed by atoms with Crippen LogP contribution in [0, 0.1) is 0 Å². The third-order valence-electron chi connectivity index (χ3n) is 8.91. The summed E-state index contributed by atoms with van der Waals surface area (Å²) < 4.78 is 9.27. The fourth-order valence-corrected chi connectivity index (χ4v) is 7.30. The van der Waals surface area contributed by atoms with Gasteiger partial charge in [-0.2, -0.15) is 0 Å². The first-order chi connectivity index (χ1) is 19.0. The van der Waals surface area contributed by atoms with Gasteiger partial charge in [-0.15, -0.1) is 0 Å². The summed E-state index contributed by atoms with van der Waals surface area (Å²) in [4.78, 5) is 14.7. The zero-order valence-corrected chi connectivity index (χ0v) is 25.0. The van der Waals surface area contributed by atoms with Crippen LogP contribution in [-0.2, 0) is 0 Å². The Kier molecular flexibility index (Phi) is 5.96. The van der Waals surface area contributed by atoms with Gasteiger partial charge in [-0.1, -0.05) is 30.3 Å². The van der Waals surface area contributed by atoms with Crippen molar-refractivity contribution in [2.45, 2.75) is 66.5 Å². The lowest BCUT2D eigenvalue weighted by molar-refractivity contribution is 0.112. The number of hydrogen-bond acceptors (Lipinski definition) is 3. The van der Waals surface area contributed by atoms with E-state index in [4.69, 9.17) is 4.74 Å². The van der Waals surface area contributed by atoms with E-state index in [2.05, 4.69) is 107 Å². The number of aldehydes is 1. The lowest BCUT2D eigenvalue weighted by Crippen LogP contribution is -2.49. The molecule has 3 aromatic rings. The minimum Gasteiger partial charge on any atom is -0.456 e. The number of fused-ring (bicyclic) bond motifs is 4. The molecular weight excluding hydrogens is 492 g/mol. The molecule has 0 fully saturated rings. The van der Waals surface area contributed by atoms with E-state index in [0.29, 0.717) is 5.56 Å². The van der Waals surface area contributed by atoms with Crippen LogP contribution in [0.3, 0.4) is 0 Å². The Labute approximate surface area is 237 Å². The Morgan fingerprint density at radius 2 is 1.57 bits per heavy atom. The molecule has 204 valence electrons. The van der Waals surface area contributed by atoms with Gasteiger partial charge in [-0.25, -0.2) is 4.58 Å². The number of rotatable bonds is 4. The first-order valence-electron chi connectivity index (χ1n) is 14.4.